The van der Waals surface area contributed by atoms with E-state index in [2.05, 4.69) is 4.90 Å². The van der Waals surface area contributed by atoms with Gasteiger partial charge in [-0.25, -0.2) is 0 Å². The van der Waals surface area contributed by atoms with Crippen LogP contribution in [0.4, 0.5) is 0 Å². The Hall–Kier alpha value is -0.440. The van der Waals surface area contributed by atoms with E-state index in [1.165, 1.54) is 25.7 Å². The molecule has 6 atom stereocenters. The van der Waals surface area contributed by atoms with Crippen LogP contribution in [0.15, 0.2) is 0 Å². The number of hydrogen-bond acceptors (Lipinski definition) is 1. The highest BCUT2D eigenvalue weighted by atomic mass is 35.5. The number of fused-ring (bicyclic) bond motifs is 1. The molecule has 3 nitrogen and oxygen atoms in total. The Morgan fingerprint density at radius 1 is 0.824 bits per heavy atom. The lowest BCUT2D eigenvalue weighted by molar-refractivity contribution is -0.108. The van der Waals surface area contributed by atoms with Gasteiger partial charge in [-0.05, 0) is 61.2 Å². The predicted molar refractivity (Wildman–Crippen MR) is 70.1 cm³/mol. The molecule has 5 rings (SSSR count). The van der Waals surface area contributed by atoms with Crippen molar-refractivity contribution in [1.29, 1.82) is 5.41 Å². The minimum Gasteiger partial charge on any atom is -0.370 e. The van der Waals surface area contributed by atoms with Crippen molar-refractivity contribution in [3.63, 3.8) is 0 Å². The van der Waals surface area contributed by atoms with E-state index in [-0.39, 0.29) is 12.4 Å². The minimum atomic E-state index is 0. The molecule has 0 spiro atoms. The fourth-order valence-corrected chi connectivity index (χ4v) is 5.45. The van der Waals surface area contributed by atoms with Crippen LogP contribution in [0.5, 0.6) is 0 Å². The van der Waals surface area contributed by atoms with Gasteiger partial charge >= 0.3 is 0 Å². The predicted octanol–water partition coefficient (Wildman–Crippen LogP) is 1.92. The van der Waals surface area contributed by atoms with Gasteiger partial charge in [-0.2, -0.15) is 0 Å². The summed E-state index contributed by atoms with van der Waals surface area (Å²) in [6.07, 6.45) is 5.93. The zero-order chi connectivity index (χ0) is 10.9. The molecule has 5 fully saturated rings. The summed E-state index contributed by atoms with van der Waals surface area (Å²) in [6.45, 7) is 2.18. The number of nitrogens with two attached hydrogens (primary N) is 1. The summed E-state index contributed by atoms with van der Waals surface area (Å²) in [5.74, 6) is 6.16. The number of nitrogens with one attached hydrogen (secondary N) is 1. The summed E-state index contributed by atoms with van der Waals surface area (Å²) < 4.78 is 0. The zero-order valence-electron chi connectivity index (χ0n) is 10.1. The van der Waals surface area contributed by atoms with Gasteiger partial charge in [-0.3, -0.25) is 5.41 Å². The SMILES string of the molecule is Cl.N=C(N)N1CC2C3CCC(C4CCC43)C2C1. The Labute approximate surface area is 109 Å². The summed E-state index contributed by atoms with van der Waals surface area (Å²) in [6, 6.07) is 0. The van der Waals surface area contributed by atoms with Crippen LogP contribution >= 0.6 is 12.4 Å². The highest BCUT2D eigenvalue weighted by Crippen LogP contribution is 2.63. The first kappa shape index (κ1) is 11.6. The van der Waals surface area contributed by atoms with E-state index in [4.69, 9.17) is 11.1 Å². The van der Waals surface area contributed by atoms with Crippen molar-refractivity contribution < 1.29 is 0 Å². The molecule has 0 aromatic carbocycles. The third-order valence-electron chi connectivity index (χ3n) is 6.17. The lowest BCUT2D eigenvalue weighted by atomic mass is 9.45. The van der Waals surface area contributed by atoms with Gasteiger partial charge in [0.15, 0.2) is 5.96 Å². The number of likely N-dealkylation sites (tertiary alicyclic amines) is 1. The molecule has 96 valence electrons. The van der Waals surface area contributed by atoms with Crippen molar-refractivity contribution in [2.75, 3.05) is 13.1 Å². The number of hydrogen-bond donors (Lipinski definition) is 2. The van der Waals surface area contributed by atoms with Crippen molar-refractivity contribution in [2.24, 2.45) is 41.2 Å². The molecule has 0 radical (unpaired) electrons. The van der Waals surface area contributed by atoms with E-state index in [1.807, 2.05) is 0 Å². The molecule has 17 heavy (non-hydrogen) atoms. The Kier molecular flexibility index (Phi) is 2.58. The third-order valence-corrected chi connectivity index (χ3v) is 6.17. The molecule has 1 heterocycles. The Balaban J connectivity index is 0.000000902. The molecule has 0 aromatic heterocycles. The van der Waals surface area contributed by atoms with E-state index in [0.717, 1.165) is 48.6 Å². The van der Waals surface area contributed by atoms with Gasteiger partial charge in [0.25, 0.3) is 0 Å². The highest BCUT2D eigenvalue weighted by Gasteiger charge is 2.59. The first-order valence-electron chi connectivity index (χ1n) is 6.84. The molecule has 2 bridgehead atoms. The summed E-state index contributed by atoms with van der Waals surface area (Å²) in [7, 11) is 0. The molecular weight excluding hydrogens is 234 g/mol. The fourth-order valence-electron chi connectivity index (χ4n) is 5.45. The normalized spacial score (nSPS) is 50.0. The van der Waals surface area contributed by atoms with Crippen molar-refractivity contribution in [3.05, 3.63) is 0 Å². The topological polar surface area (TPSA) is 53.1 Å². The first-order chi connectivity index (χ1) is 7.75. The van der Waals surface area contributed by atoms with Gasteiger partial charge in [0.05, 0.1) is 0 Å². The molecule has 1 saturated heterocycles. The maximum Gasteiger partial charge on any atom is 0.188 e. The zero-order valence-corrected chi connectivity index (χ0v) is 11.0. The first-order valence-corrected chi connectivity index (χ1v) is 6.84. The van der Waals surface area contributed by atoms with Crippen molar-refractivity contribution >= 4 is 18.4 Å². The largest absolute Gasteiger partial charge is 0.370 e. The number of nitrogens with zero attached hydrogens (tertiary/aromatic N) is 1. The van der Waals surface area contributed by atoms with Crippen LogP contribution in [0.3, 0.4) is 0 Å². The lowest BCUT2D eigenvalue weighted by Crippen LogP contribution is -2.54. The Morgan fingerprint density at radius 2 is 1.18 bits per heavy atom. The van der Waals surface area contributed by atoms with Crippen LogP contribution in [-0.4, -0.2) is 23.9 Å². The molecule has 4 aliphatic carbocycles. The molecule has 1 aliphatic heterocycles. The van der Waals surface area contributed by atoms with Crippen LogP contribution < -0.4 is 5.73 Å². The lowest BCUT2D eigenvalue weighted by Gasteiger charge is -2.60. The van der Waals surface area contributed by atoms with Gasteiger partial charge in [0.2, 0.25) is 0 Å². The maximum absolute atomic E-state index is 7.61. The minimum absolute atomic E-state index is 0. The molecule has 0 amide bonds. The highest BCUT2D eigenvalue weighted by molar-refractivity contribution is 5.85. The van der Waals surface area contributed by atoms with Gasteiger partial charge < -0.3 is 10.6 Å². The molecule has 5 aliphatic rings. The average Bonchev–Trinajstić information content (AvgIpc) is 2.63. The van der Waals surface area contributed by atoms with Gasteiger partial charge in [0, 0.05) is 13.1 Å². The van der Waals surface area contributed by atoms with E-state index >= 15 is 0 Å². The van der Waals surface area contributed by atoms with E-state index < -0.39 is 0 Å². The summed E-state index contributed by atoms with van der Waals surface area (Å²) in [4.78, 5) is 2.13. The Bertz CT molecular complexity index is 320. The molecule has 3 N–H and O–H groups in total. The third kappa shape index (κ3) is 1.38. The average molecular weight is 256 g/mol. The molecule has 4 heteroatoms. The van der Waals surface area contributed by atoms with Crippen LogP contribution in [0.25, 0.3) is 0 Å². The summed E-state index contributed by atoms with van der Waals surface area (Å²) in [5, 5.41) is 7.61. The van der Waals surface area contributed by atoms with Crippen molar-refractivity contribution in [1.82, 2.24) is 4.90 Å². The van der Waals surface area contributed by atoms with Crippen LogP contribution in [-0.2, 0) is 0 Å². The van der Waals surface area contributed by atoms with Crippen molar-refractivity contribution in [3.8, 4) is 0 Å². The molecule has 4 saturated carbocycles. The number of rotatable bonds is 0. The van der Waals surface area contributed by atoms with E-state index in [1.54, 1.807) is 0 Å². The van der Waals surface area contributed by atoms with Crippen LogP contribution in [0.1, 0.15) is 25.7 Å². The number of halogens is 1. The molecule has 6 unspecified atom stereocenters. The second-order valence-electron chi connectivity index (χ2n) is 6.43. The molecular formula is C13H22ClN3. The van der Waals surface area contributed by atoms with Crippen LogP contribution in [0, 0.1) is 40.9 Å². The second kappa shape index (κ2) is 3.78. The van der Waals surface area contributed by atoms with Crippen molar-refractivity contribution in [2.45, 2.75) is 25.7 Å². The number of guanidine groups is 1. The standard InChI is InChI=1S/C13H21N3.ClH/c14-13(15)16-5-11-9-3-4-10(12(11)6-16)8-2-1-7(8)9;/h7-12H,1-6H2,(H3,14,15);1H. The van der Waals surface area contributed by atoms with Gasteiger partial charge in [-0.15, -0.1) is 12.4 Å². The van der Waals surface area contributed by atoms with Gasteiger partial charge in [-0.1, -0.05) is 0 Å². The smallest absolute Gasteiger partial charge is 0.188 e. The van der Waals surface area contributed by atoms with Crippen LogP contribution in [0.2, 0.25) is 0 Å². The van der Waals surface area contributed by atoms with E-state index in [0.29, 0.717) is 5.96 Å². The van der Waals surface area contributed by atoms with E-state index in [9.17, 15) is 0 Å². The second-order valence-corrected chi connectivity index (χ2v) is 6.43. The van der Waals surface area contributed by atoms with Gasteiger partial charge in [0.1, 0.15) is 0 Å². The maximum atomic E-state index is 7.61. The summed E-state index contributed by atoms with van der Waals surface area (Å²) >= 11 is 0. The quantitative estimate of drug-likeness (QED) is 0.513. The molecule has 0 aromatic rings. The monoisotopic (exact) mass is 255 g/mol. The Morgan fingerprint density at radius 3 is 1.53 bits per heavy atom. The fraction of sp³-hybridized carbons (Fsp3) is 0.923. The summed E-state index contributed by atoms with van der Waals surface area (Å²) in [5.41, 5.74) is 5.66.